The molecule has 0 bridgehead atoms. The van der Waals surface area contributed by atoms with Crippen molar-refractivity contribution >= 4 is 12.9 Å². The topological polar surface area (TPSA) is 374 Å². The monoisotopic (exact) mass is 547 g/mol. The van der Waals surface area contributed by atoms with E-state index < -0.39 is 0 Å². The quantitative estimate of drug-likeness (QED) is 0.223. The maximum atomic E-state index is 8.36. The van der Waals surface area contributed by atoms with Crippen LogP contribution in [0.2, 0.25) is 0 Å². The first kappa shape index (κ1) is 364. The van der Waals surface area contributed by atoms with Gasteiger partial charge in [-0.15, -0.1) is 0 Å². The third-order valence-electron chi connectivity index (χ3n) is 0. The molecule has 0 amide bonds. The Morgan fingerprint density at radius 1 is 0.500 bits per heavy atom. The van der Waals surface area contributed by atoms with Crippen molar-refractivity contribution in [3.8, 4) is 0 Å². The Balaban J connectivity index is -0.000000000672. The van der Waals surface area contributed by atoms with E-state index in [1.54, 1.807) is 0 Å². The van der Waals surface area contributed by atoms with Crippen LogP contribution in [-0.4, -0.2) is 28.6 Å². The van der Waals surface area contributed by atoms with Gasteiger partial charge in [-0.1, -0.05) is 0 Å². The second kappa shape index (κ2) is 947. The molecule has 0 rings (SSSR count). The van der Waals surface area contributed by atoms with Crippen LogP contribution in [0.4, 0.5) is 0 Å². The number of hydrogen-bond acceptors (Lipinski definition) is 2. The molecule has 0 aromatic carbocycles. The summed E-state index contributed by atoms with van der Waals surface area (Å²) in [5, 5.41) is 13.8. The summed E-state index contributed by atoms with van der Waals surface area (Å²) in [6, 6.07) is 0. The van der Waals surface area contributed by atoms with Crippen LogP contribution in [-0.2, 0) is 48.5 Å². The zero-order valence-electron chi connectivity index (χ0n) is 9.83. The van der Waals surface area contributed by atoms with Crippen LogP contribution in [0.3, 0.4) is 0 Å². The zero-order chi connectivity index (χ0) is 5.41. The Morgan fingerprint density at radius 3 is 0.500 bits per heavy atom. The fourth-order valence-electron chi connectivity index (χ4n) is 0. The minimum absolute atomic E-state index is 0. The van der Waals surface area contributed by atoms with Crippen molar-refractivity contribution < 1.29 is 101 Å². The van der Waals surface area contributed by atoms with E-state index in [2.05, 4.69) is 0 Å². The predicted octanol–water partition coefficient (Wildman–Crippen LogP) is -4.68. The molecule has 0 saturated carbocycles. The fourth-order valence-corrected chi connectivity index (χ4v) is 0. The van der Waals surface area contributed by atoms with E-state index in [0.717, 1.165) is 0 Å². The van der Waals surface area contributed by atoms with Crippen LogP contribution in [0.15, 0.2) is 0 Å². The molecule has 18 heteroatoms. The number of carboxylic acid groups (broad SMARTS) is 2. The van der Waals surface area contributed by atoms with Crippen molar-refractivity contribution in [2.24, 2.45) is 0 Å². The SMILES string of the molecule is O.O=CO.O=CO.[Cl-].[Cl-].[Cl-].[NH2-].[NH2-].[NH2-].[NH2-].[NH2-].[NH2-].[NH2-].[NH2-].[Ru+5].[Ru+5]. The largest absolute Gasteiger partial charge is 5.00 e. The molecule has 0 heterocycles. The van der Waals surface area contributed by atoms with E-state index in [4.69, 9.17) is 19.8 Å². The van der Waals surface area contributed by atoms with E-state index in [0.29, 0.717) is 0 Å². The molecule has 0 fully saturated rings. The average Bonchev–Trinajstić information content (AvgIpc) is 1.39. The Kier molecular flexibility index (Phi) is 17200. The minimum Gasteiger partial charge on any atom is -1.00 e. The third-order valence-corrected chi connectivity index (χ3v) is 0. The molecule has 0 aromatic rings. The summed E-state index contributed by atoms with van der Waals surface area (Å²) < 4.78 is 0. The molecule has 0 atom stereocenters. The second-order valence-corrected chi connectivity index (χ2v) is 0.211. The maximum Gasteiger partial charge on any atom is 5.00 e. The van der Waals surface area contributed by atoms with Gasteiger partial charge in [0.05, 0.1) is 0 Å². The first-order chi connectivity index (χ1) is 2.83. The van der Waals surface area contributed by atoms with E-state index in [-0.39, 0.29) is 144 Å². The van der Waals surface area contributed by atoms with Crippen molar-refractivity contribution in [3.05, 3.63) is 49.2 Å². The molecule has 20 heavy (non-hydrogen) atoms. The Labute approximate surface area is 163 Å². The van der Waals surface area contributed by atoms with Gasteiger partial charge in [-0.2, -0.15) is 0 Å². The molecule has 0 spiro atoms. The van der Waals surface area contributed by atoms with Crippen LogP contribution in [0.25, 0.3) is 49.2 Å². The summed E-state index contributed by atoms with van der Waals surface area (Å²) in [5.41, 5.74) is 0. The standard InChI is InChI=1S/2CH2O2.3ClH.8H2N.H2O.2Ru/c2*2-1-3;;;;;;;;;;;;;;/h2*1H,(H,2,3);3*1H;9*1H2;;/q;;;;;8*-1;;2*+5/p-3. The van der Waals surface area contributed by atoms with E-state index in [1.165, 1.54) is 0 Å². The van der Waals surface area contributed by atoms with Crippen molar-refractivity contribution in [3.63, 3.8) is 0 Å². The summed E-state index contributed by atoms with van der Waals surface area (Å²) in [6.07, 6.45) is 0. The fraction of sp³-hybridized carbons (Fsp3) is 0. The molecule has 13 nitrogen and oxygen atoms in total. The number of halogens is 3. The Hall–Kier alpha value is 0.697. The first-order valence-electron chi connectivity index (χ1n) is 0.988. The molecule has 20 N–H and O–H groups in total. The molecule has 0 unspecified atom stereocenters. The predicted molar refractivity (Wildman–Crippen MR) is 63.3 cm³/mol. The summed E-state index contributed by atoms with van der Waals surface area (Å²) >= 11 is 0. The second-order valence-electron chi connectivity index (χ2n) is 0.211. The molecule has 0 aliphatic carbocycles. The van der Waals surface area contributed by atoms with E-state index in [9.17, 15) is 0 Å². The number of rotatable bonds is 0. The molecular formula is C2H22Cl3N8O5Ru2-. The molecule has 0 aliphatic rings. The Morgan fingerprint density at radius 2 is 0.500 bits per heavy atom. The molecule has 0 aliphatic heterocycles. The van der Waals surface area contributed by atoms with E-state index >= 15 is 0 Å². The summed E-state index contributed by atoms with van der Waals surface area (Å²) in [5.74, 6) is 0. The van der Waals surface area contributed by atoms with Gasteiger partial charge in [0.1, 0.15) is 0 Å². The normalized spacial score (nSPS) is 1.20. The summed E-state index contributed by atoms with van der Waals surface area (Å²) in [6.45, 7) is -0.500. The molecule has 138 valence electrons. The van der Waals surface area contributed by atoms with Crippen LogP contribution >= 0.6 is 0 Å². The number of carbonyl (C=O) groups is 2. The maximum absolute atomic E-state index is 8.36. The molecular weight excluding hydrogens is 525 g/mol. The van der Waals surface area contributed by atoms with Gasteiger partial charge >= 0.3 is 39.0 Å². The number of nitrogens with two attached hydrogens (primary N) is 8. The van der Waals surface area contributed by atoms with Crippen molar-refractivity contribution in [2.45, 2.75) is 0 Å². The Bertz CT molecular complexity index is 63.1. The van der Waals surface area contributed by atoms with Gasteiger partial charge in [-0.05, 0) is 0 Å². The zero-order valence-corrected chi connectivity index (χ0v) is 15.6. The van der Waals surface area contributed by atoms with Crippen LogP contribution in [0.5, 0.6) is 0 Å². The number of hydrogen-bond donors (Lipinski definition) is 2. The van der Waals surface area contributed by atoms with Gasteiger partial charge in [0.2, 0.25) is 0 Å². The summed E-state index contributed by atoms with van der Waals surface area (Å²) in [4.78, 5) is 16.7. The van der Waals surface area contributed by atoms with Crippen molar-refractivity contribution in [1.29, 1.82) is 0 Å². The smallest absolute Gasteiger partial charge is 1.00 e. The summed E-state index contributed by atoms with van der Waals surface area (Å²) in [7, 11) is 0. The molecule has 0 saturated heterocycles. The van der Waals surface area contributed by atoms with E-state index in [1.807, 2.05) is 0 Å². The molecule has 2 radical (unpaired) electrons. The van der Waals surface area contributed by atoms with Crippen LogP contribution in [0, 0.1) is 0 Å². The molecule has 0 aromatic heterocycles. The third kappa shape index (κ3) is 12100. The van der Waals surface area contributed by atoms with Crippen molar-refractivity contribution in [2.75, 3.05) is 0 Å². The van der Waals surface area contributed by atoms with Crippen LogP contribution in [0.1, 0.15) is 0 Å². The first-order valence-corrected chi connectivity index (χ1v) is 0.988. The van der Waals surface area contributed by atoms with Gasteiger partial charge in [-0.25, -0.2) is 0 Å². The minimum atomic E-state index is -0.250. The van der Waals surface area contributed by atoms with Crippen LogP contribution < -0.4 is 37.2 Å². The van der Waals surface area contributed by atoms with Gasteiger partial charge in [-0.3, -0.25) is 9.59 Å². The average molecular weight is 547 g/mol. The van der Waals surface area contributed by atoms with Gasteiger partial charge in [0.25, 0.3) is 12.9 Å². The van der Waals surface area contributed by atoms with Gasteiger partial charge in [0.15, 0.2) is 0 Å². The van der Waals surface area contributed by atoms with Crippen molar-refractivity contribution in [1.82, 2.24) is 0 Å². The van der Waals surface area contributed by atoms with Gasteiger partial charge < -0.3 is 102 Å². The van der Waals surface area contributed by atoms with Gasteiger partial charge in [0, 0.05) is 0 Å².